The molecule has 1 aromatic carbocycles. The zero-order chi connectivity index (χ0) is 19.1. The number of benzene rings is 1. The Morgan fingerprint density at radius 2 is 1.92 bits per heavy atom. The van der Waals surface area contributed by atoms with E-state index < -0.39 is 46.5 Å². The summed E-state index contributed by atoms with van der Waals surface area (Å²) in [4.78, 5) is 34.4. The van der Waals surface area contributed by atoms with Gasteiger partial charge in [-0.15, -0.1) is 0 Å². The Labute approximate surface area is 139 Å². The minimum absolute atomic E-state index is 0.129. The lowest BCUT2D eigenvalue weighted by molar-refractivity contribution is -0.144. The molecule has 1 atom stereocenters. The number of hydrogen-bond acceptors (Lipinski definition) is 6. The average Bonchev–Trinajstić information content (AvgIpc) is 2.56. The number of carbonyl (C=O) groups excluding carboxylic acids is 3. The molecule has 1 unspecified atom stereocenters. The molecule has 11 heteroatoms. The molecule has 1 N–H and O–H groups in total. The number of ketones is 1. The number of halogens is 4. The van der Waals surface area contributed by atoms with E-state index in [1.165, 1.54) is 14.0 Å². The topological polar surface area (TPSA) is 88.1 Å². The second-order valence-corrected chi connectivity index (χ2v) is 4.48. The molecular formula is C14H13F4N3O4. The second-order valence-electron chi connectivity index (χ2n) is 4.48. The summed E-state index contributed by atoms with van der Waals surface area (Å²) < 4.78 is 57.9. The molecule has 0 bridgehead atoms. The highest BCUT2D eigenvalue weighted by atomic mass is 19.2. The highest BCUT2D eigenvalue weighted by Crippen LogP contribution is 2.21. The van der Waals surface area contributed by atoms with Gasteiger partial charge in [-0.3, -0.25) is 19.8 Å². The Morgan fingerprint density at radius 1 is 1.28 bits per heavy atom. The first-order valence-corrected chi connectivity index (χ1v) is 6.76. The molecule has 1 amide bonds. The maximum absolute atomic E-state index is 13.8. The maximum atomic E-state index is 13.8. The first-order chi connectivity index (χ1) is 11.7. The summed E-state index contributed by atoms with van der Waals surface area (Å²) in [6.45, 7) is 1.28. The van der Waals surface area contributed by atoms with Gasteiger partial charge in [0.15, 0.2) is 35.0 Å². The van der Waals surface area contributed by atoms with Crippen molar-refractivity contribution in [2.45, 2.75) is 6.92 Å². The third-order valence-corrected chi connectivity index (χ3v) is 2.82. The van der Waals surface area contributed by atoms with E-state index in [9.17, 15) is 31.9 Å². The van der Waals surface area contributed by atoms with Gasteiger partial charge < -0.3 is 4.74 Å². The molecule has 0 aliphatic carbocycles. The van der Waals surface area contributed by atoms with Crippen molar-refractivity contribution in [2.75, 3.05) is 13.7 Å². The van der Waals surface area contributed by atoms with E-state index in [1.54, 1.807) is 0 Å². The van der Waals surface area contributed by atoms with E-state index in [0.717, 1.165) is 5.12 Å². The maximum Gasteiger partial charge on any atom is 0.322 e. The molecule has 136 valence electrons. The van der Waals surface area contributed by atoms with Crippen LogP contribution in [0.4, 0.5) is 17.6 Å². The highest BCUT2D eigenvalue weighted by Gasteiger charge is 2.32. The van der Waals surface area contributed by atoms with Crippen LogP contribution in [0.1, 0.15) is 17.3 Å². The van der Waals surface area contributed by atoms with Crippen molar-refractivity contribution in [3.05, 3.63) is 34.9 Å². The molecule has 25 heavy (non-hydrogen) atoms. The molecule has 0 heterocycles. The number of ether oxygens (including phenoxy) is 1. The average molecular weight is 363 g/mol. The van der Waals surface area contributed by atoms with Crippen LogP contribution < -0.4 is 5.43 Å². The summed E-state index contributed by atoms with van der Waals surface area (Å²) in [6.07, 6.45) is 0.915. The van der Waals surface area contributed by atoms with Crippen LogP contribution in [0.15, 0.2) is 11.2 Å². The number of nitrogens with one attached hydrogen (secondary N) is 1. The molecule has 0 saturated carbocycles. The Kier molecular flexibility index (Phi) is 7.03. The van der Waals surface area contributed by atoms with Crippen LogP contribution in [0.5, 0.6) is 0 Å². The summed E-state index contributed by atoms with van der Waals surface area (Å²) in [6, 6.07) is 0.129. The summed E-state index contributed by atoms with van der Waals surface area (Å²) in [5.74, 6) is -12.5. The van der Waals surface area contributed by atoms with Crippen molar-refractivity contribution >= 4 is 24.4 Å². The van der Waals surface area contributed by atoms with Crippen molar-refractivity contribution in [3.8, 4) is 0 Å². The van der Waals surface area contributed by atoms with E-state index in [-0.39, 0.29) is 19.1 Å². The predicted octanol–water partition coefficient (Wildman–Crippen LogP) is 1.18. The Morgan fingerprint density at radius 3 is 2.48 bits per heavy atom. The largest absolute Gasteiger partial charge is 0.465 e. The number of hydrazone groups is 1. The van der Waals surface area contributed by atoms with Gasteiger partial charge in [0.1, 0.15) is 0 Å². The smallest absolute Gasteiger partial charge is 0.322 e. The van der Waals surface area contributed by atoms with Gasteiger partial charge in [0, 0.05) is 13.3 Å². The van der Waals surface area contributed by atoms with E-state index in [2.05, 4.69) is 9.84 Å². The van der Waals surface area contributed by atoms with Crippen LogP contribution in [0.25, 0.3) is 0 Å². The van der Waals surface area contributed by atoms with Gasteiger partial charge >= 0.3 is 5.97 Å². The van der Waals surface area contributed by atoms with Crippen molar-refractivity contribution in [1.29, 1.82) is 0 Å². The molecule has 1 rings (SSSR count). The van der Waals surface area contributed by atoms with Gasteiger partial charge in [0.05, 0.1) is 12.2 Å². The highest BCUT2D eigenvalue weighted by molar-refractivity contribution is 6.18. The van der Waals surface area contributed by atoms with Crippen LogP contribution in [0.3, 0.4) is 0 Å². The van der Waals surface area contributed by atoms with Crippen molar-refractivity contribution in [2.24, 2.45) is 11.0 Å². The SMILES string of the molecule is CCOC(=O)C(C=NN(C)NC=O)C(=O)c1cc(F)c(F)c(F)c1F. The van der Waals surface area contributed by atoms with Crippen molar-refractivity contribution in [1.82, 2.24) is 10.5 Å². The second kappa shape index (κ2) is 8.76. The number of hydrogen-bond donors (Lipinski definition) is 1. The zero-order valence-electron chi connectivity index (χ0n) is 13.1. The summed E-state index contributed by atoms with van der Waals surface area (Å²) in [5, 5.41) is 4.32. The molecule has 0 saturated heterocycles. The normalized spacial score (nSPS) is 11.9. The molecule has 1 aromatic rings. The molecule has 0 spiro atoms. The summed E-state index contributed by atoms with van der Waals surface area (Å²) in [7, 11) is 1.23. The van der Waals surface area contributed by atoms with Crippen LogP contribution >= 0.6 is 0 Å². The third-order valence-electron chi connectivity index (χ3n) is 2.82. The Bertz CT molecular complexity index is 712. The standard InChI is InChI=1S/C14H13F4N3O4/c1-3-25-14(24)8(5-19-21(2)20-6-22)13(23)7-4-9(15)11(17)12(18)10(7)16/h4-6,8H,3H2,1-2H3,(H,20,22). The van der Waals surface area contributed by atoms with E-state index in [1.807, 2.05) is 5.43 Å². The molecule has 0 aliphatic rings. The number of carbonyl (C=O) groups is 3. The minimum atomic E-state index is -2.19. The van der Waals surface area contributed by atoms with Crippen LogP contribution in [0, 0.1) is 29.2 Å². The minimum Gasteiger partial charge on any atom is -0.465 e. The Hall–Kier alpha value is -2.98. The van der Waals surface area contributed by atoms with Gasteiger partial charge in [0.25, 0.3) is 0 Å². The van der Waals surface area contributed by atoms with Crippen LogP contribution in [-0.2, 0) is 14.3 Å². The monoisotopic (exact) mass is 363 g/mol. The fraction of sp³-hybridized carbons (Fsp3) is 0.286. The fourth-order valence-corrected chi connectivity index (χ4v) is 1.66. The number of esters is 1. The predicted molar refractivity (Wildman–Crippen MR) is 76.2 cm³/mol. The summed E-state index contributed by atoms with van der Waals surface area (Å²) in [5.41, 5.74) is 0.847. The molecular weight excluding hydrogens is 350 g/mol. The number of rotatable bonds is 8. The van der Waals surface area contributed by atoms with Crippen LogP contribution in [0.2, 0.25) is 0 Å². The first kappa shape index (κ1) is 20.1. The van der Waals surface area contributed by atoms with Gasteiger partial charge in [0.2, 0.25) is 6.41 Å². The quantitative estimate of drug-likeness (QED) is 0.0863. The lowest BCUT2D eigenvalue weighted by atomic mass is 9.97. The van der Waals surface area contributed by atoms with Gasteiger partial charge in [-0.05, 0) is 13.0 Å². The van der Waals surface area contributed by atoms with Gasteiger partial charge in [-0.25, -0.2) is 22.7 Å². The van der Waals surface area contributed by atoms with E-state index in [0.29, 0.717) is 6.21 Å². The zero-order valence-corrected chi connectivity index (χ0v) is 13.1. The fourth-order valence-electron chi connectivity index (χ4n) is 1.66. The molecule has 0 fully saturated rings. The molecule has 7 nitrogen and oxygen atoms in total. The molecule has 0 radical (unpaired) electrons. The molecule has 0 aliphatic heterocycles. The number of amides is 1. The number of Topliss-reactive ketones (excluding diaryl/α,β-unsaturated/α-hetero) is 1. The first-order valence-electron chi connectivity index (χ1n) is 6.76. The van der Waals surface area contributed by atoms with Crippen molar-refractivity contribution < 1.29 is 36.7 Å². The number of hydrazine groups is 1. The number of nitrogens with zero attached hydrogens (tertiary/aromatic N) is 2. The molecule has 0 aromatic heterocycles. The lowest BCUT2D eigenvalue weighted by Crippen LogP contribution is -2.32. The Balaban J connectivity index is 3.29. The van der Waals surface area contributed by atoms with Crippen molar-refractivity contribution in [3.63, 3.8) is 0 Å². The van der Waals surface area contributed by atoms with Gasteiger partial charge in [-0.1, -0.05) is 0 Å². The lowest BCUT2D eigenvalue weighted by Gasteiger charge is -2.14. The van der Waals surface area contributed by atoms with E-state index >= 15 is 0 Å². The third kappa shape index (κ3) is 4.75. The summed E-state index contributed by atoms with van der Waals surface area (Å²) >= 11 is 0. The van der Waals surface area contributed by atoms with Gasteiger partial charge in [-0.2, -0.15) is 5.10 Å². The van der Waals surface area contributed by atoms with Crippen LogP contribution in [-0.4, -0.2) is 43.1 Å². The van der Waals surface area contributed by atoms with E-state index in [4.69, 9.17) is 0 Å².